The first-order valence-electron chi connectivity index (χ1n) is 12.5. The maximum absolute atomic E-state index is 12.2. The van der Waals surface area contributed by atoms with Crippen LogP contribution in [0.5, 0.6) is 0 Å². The van der Waals surface area contributed by atoms with Crippen LogP contribution in [-0.2, 0) is 13.0 Å². The number of benzene rings is 3. The van der Waals surface area contributed by atoms with Gasteiger partial charge in [0.2, 0.25) is 5.82 Å². The molecule has 2 aromatic heterocycles. The van der Waals surface area contributed by atoms with E-state index in [9.17, 15) is 4.79 Å². The SMILES string of the molecule is CCCNC(=O)Nc1cc(C)c2nc(CC)n(Cc3ccc(-c4ccccc4-c4nn[nH]n4)cc3)c2c1. The van der Waals surface area contributed by atoms with Crippen LogP contribution < -0.4 is 10.6 Å². The van der Waals surface area contributed by atoms with Crippen molar-refractivity contribution in [2.75, 3.05) is 11.9 Å². The molecule has 2 amide bonds. The Morgan fingerprint density at radius 3 is 2.51 bits per heavy atom. The van der Waals surface area contributed by atoms with Gasteiger partial charge in [-0.15, -0.1) is 10.2 Å². The first kappa shape index (κ1) is 24.2. The summed E-state index contributed by atoms with van der Waals surface area (Å²) in [5.74, 6) is 1.58. The van der Waals surface area contributed by atoms with E-state index in [2.05, 4.69) is 73.1 Å². The van der Waals surface area contributed by atoms with Crippen LogP contribution in [0.15, 0.2) is 60.7 Å². The Morgan fingerprint density at radius 1 is 1.03 bits per heavy atom. The van der Waals surface area contributed by atoms with Gasteiger partial charge in [0.15, 0.2) is 0 Å². The molecule has 188 valence electrons. The number of carbonyl (C=O) groups is 1. The van der Waals surface area contributed by atoms with Gasteiger partial charge in [-0.25, -0.2) is 9.78 Å². The van der Waals surface area contributed by atoms with E-state index in [-0.39, 0.29) is 6.03 Å². The molecule has 0 bridgehead atoms. The summed E-state index contributed by atoms with van der Waals surface area (Å²) in [4.78, 5) is 17.2. The molecule has 2 heterocycles. The fraction of sp³-hybridized carbons (Fsp3) is 0.250. The smallest absolute Gasteiger partial charge is 0.319 e. The number of carbonyl (C=O) groups excluding carboxylic acids is 1. The highest BCUT2D eigenvalue weighted by Crippen LogP contribution is 2.30. The summed E-state index contributed by atoms with van der Waals surface area (Å²) in [5.41, 5.74) is 7.97. The number of hydrogen-bond acceptors (Lipinski definition) is 5. The summed E-state index contributed by atoms with van der Waals surface area (Å²) >= 11 is 0. The van der Waals surface area contributed by atoms with Gasteiger partial charge in [0.05, 0.1) is 11.0 Å². The van der Waals surface area contributed by atoms with E-state index >= 15 is 0 Å². The number of tetrazole rings is 1. The number of urea groups is 1. The van der Waals surface area contributed by atoms with Crippen molar-refractivity contribution in [3.05, 3.63) is 77.6 Å². The number of nitrogens with one attached hydrogen (secondary N) is 3. The van der Waals surface area contributed by atoms with Gasteiger partial charge < -0.3 is 15.2 Å². The molecule has 3 N–H and O–H groups in total. The van der Waals surface area contributed by atoms with E-state index in [1.807, 2.05) is 44.2 Å². The lowest BCUT2D eigenvalue weighted by Crippen LogP contribution is -2.29. The average molecular weight is 495 g/mol. The molecule has 0 aliphatic carbocycles. The minimum atomic E-state index is -0.195. The molecule has 0 spiro atoms. The number of aromatic amines is 1. The third-order valence-corrected chi connectivity index (χ3v) is 6.35. The van der Waals surface area contributed by atoms with E-state index in [4.69, 9.17) is 4.98 Å². The fourth-order valence-electron chi connectivity index (χ4n) is 4.55. The van der Waals surface area contributed by atoms with E-state index in [0.29, 0.717) is 18.9 Å². The summed E-state index contributed by atoms with van der Waals surface area (Å²) < 4.78 is 2.24. The Hall–Kier alpha value is -4.53. The maximum atomic E-state index is 12.2. The Bertz CT molecular complexity index is 1520. The van der Waals surface area contributed by atoms with Crippen LogP contribution in [0.1, 0.15) is 37.2 Å². The number of nitrogens with zero attached hydrogens (tertiary/aromatic N) is 5. The summed E-state index contributed by atoms with van der Waals surface area (Å²) in [6.45, 7) is 7.49. The van der Waals surface area contributed by atoms with Crippen molar-refractivity contribution in [2.45, 2.75) is 40.2 Å². The first-order valence-corrected chi connectivity index (χ1v) is 12.5. The molecular weight excluding hydrogens is 464 g/mol. The topological polar surface area (TPSA) is 113 Å². The fourth-order valence-corrected chi connectivity index (χ4v) is 4.55. The molecule has 0 atom stereocenters. The predicted molar refractivity (Wildman–Crippen MR) is 145 cm³/mol. The van der Waals surface area contributed by atoms with Crippen molar-refractivity contribution in [3.8, 4) is 22.5 Å². The number of aromatic nitrogens is 6. The monoisotopic (exact) mass is 494 g/mol. The minimum absolute atomic E-state index is 0.195. The molecule has 9 nitrogen and oxygen atoms in total. The van der Waals surface area contributed by atoms with E-state index in [1.54, 1.807) is 0 Å². The third-order valence-electron chi connectivity index (χ3n) is 6.35. The number of imidazole rings is 1. The number of aryl methyl sites for hydroxylation is 2. The Morgan fingerprint density at radius 2 is 1.81 bits per heavy atom. The third kappa shape index (κ3) is 5.06. The quantitative estimate of drug-likeness (QED) is 0.270. The molecule has 0 radical (unpaired) electrons. The maximum Gasteiger partial charge on any atom is 0.319 e. The molecule has 37 heavy (non-hydrogen) atoms. The second-order valence-corrected chi connectivity index (χ2v) is 8.99. The van der Waals surface area contributed by atoms with Gasteiger partial charge in [0.1, 0.15) is 5.82 Å². The lowest BCUT2D eigenvalue weighted by Gasteiger charge is -2.12. The highest BCUT2D eigenvalue weighted by molar-refractivity contribution is 5.93. The number of H-pyrrole nitrogens is 1. The standard InChI is InChI=1S/C28H30N8O/c1-4-14-29-28(37)30-21-15-18(3)26-24(16-21)36(25(5-2)31-26)17-19-10-12-20(13-11-19)22-8-6-7-9-23(22)27-32-34-35-33-27/h6-13,15-16H,4-5,14,17H2,1-3H3,(H2,29,30,37)(H,32,33,34,35). The van der Waals surface area contributed by atoms with Gasteiger partial charge in [-0.2, -0.15) is 5.21 Å². The number of amides is 2. The van der Waals surface area contributed by atoms with Gasteiger partial charge in [0.25, 0.3) is 0 Å². The van der Waals surface area contributed by atoms with E-state index in [1.165, 1.54) is 0 Å². The highest BCUT2D eigenvalue weighted by Gasteiger charge is 2.15. The summed E-state index contributed by atoms with van der Waals surface area (Å²) in [6, 6.07) is 20.3. The van der Waals surface area contributed by atoms with Crippen molar-refractivity contribution in [1.82, 2.24) is 35.5 Å². The van der Waals surface area contributed by atoms with Crippen LogP contribution in [0.25, 0.3) is 33.5 Å². The molecule has 5 rings (SSSR count). The zero-order valence-corrected chi connectivity index (χ0v) is 21.2. The number of fused-ring (bicyclic) bond motifs is 1. The Balaban J connectivity index is 1.45. The Labute approximate surface area is 215 Å². The summed E-state index contributed by atoms with van der Waals surface area (Å²) in [7, 11) is 0. The minimum Gasteiger partial charge on any atom is -0.338 e. The van der Waals surface area contributed by atoms with Gasteiger partial charge in [-0.1, -0.05) is 62.4 Å². The van der Waals surface area contributed by atoms with Crippen molar-refractivity contribution in [1.29, 1.82) is 0 Å². The van der Waals surface area contributed by atoms with Gasteiger partial charge in [-0.3, -0.25) is 0 Å². The zero-order valence-electron chi connectivity index (χ0n) is 21.2. The molecule has 0 saturated heterocycles. The molecule has 0 saturated carbocycles. The van der Waals surface area contributed by atoms with E-state index in [0.717, 1.165) is 63.2 Å². The second kappa shape index (κ2) is 10.6. The van der Waals surface area contributed by atoms with Crippen molar-refractivity contribution < 1.29 is 4.79 Å². The largest absolute Gasteiger partial charge is 0.338 e. The summed E-state index contributed by atoms with van der Waals surface area (Å²) in [5, 5.41) is 20.3. The number of rotatable bonds is 8. The Kier molecular flexibility index (Phi) is 6.93. The molecule has 0 aliphatic heterocycles. The highest BCUT2D eigenvalue weighted by atomic mass is 16.2. The summed E-state index contributed by atoms with van der Waals surface area (Å²) in [6.07, 6.45) is 1.70. The van der Waals surface area contributed by atoms with Crippen molar-refractivity contribution in [2.24, 2.45) is 0 Å². The number of anilines is 1. The van der Waals surface area contributed by atoms with Crippen LogP contribution in [0, 0.1) is 6.92 Å². The average Bonchev–Trinajstić information content (AvgIpc) is 3.57. The first-order chi connectivity index (χ1) is 18.1. The lowest BCUT2D eigenvalue weighted by atomic mass is 9.98. The second-order valence-electron chi connectivity index (χ2n) is 8.99. The molecule has 0 aliphatic rings. The lowest BCUT2D eigenvalue weighted by molar-refractivity contribution is 0.252. The van der Waals surface area contributed by atoms with Crippen LogP contribution in [0.2, 0.25) is 0 Å². The number of hydrogen-bond donors (Lipinski definition) is 3. The van der Waals surface area contributed by atoms with Crippen LogP contribution in [0.3, 0.4) is 0 Å². The van der Waals surface area contributed by atoms with Gasteiger partial charge in [-0.05, 0) is 52.9 Å². The van der Waals surface area contributed by atoms with Gasteiger partial charge in [0, 0.05) is 30.8 Å². The molecule has 0 unspecified atom stereocenters. The van der Waals surface area contributed by atoms with Crippen molar-refractivity contribution >= 4 is 22.8 Å². The molecule has 0 fully saturated rings. The van der Waals surface area contributed by atoms with E-state index < -0.39 is 0 Å². The van der Waals surface area contributed by atoms with Crippen LogP contribution in [0.4, 0.5) is 10.5 Å². The van der Waals surface area contributed by atoms with Gasteiger partial charge >= 0.3 is 6.03 Å². The molecular formula is C28H30N8O. The zero-order chi connectivity index (χ0) is 25.8. The normalized spacial score (nSPS) is 11.1. The van der Waals surface area contributed by atoms with Crippen LogP contribution >= 0.6 is 0 Å². The predicted octanol–water partition coefficient (Wildman–Crippen LogP) is 5.33. The molecule has 3 aromatic carbocycles. The molecule has 9 heteroatoms. The van der Waals surface area contributed by atoms with Crippen LogP contribution in [-0.4, -0.2) is 42.8 Å². The molecule has 5 aromatic rings. The van der Waals surface area contributed by atoms with Crippen molar-refractivity contribution in [3.63, 3.8) is 0 Å².